The van der Waals surface area contributed by atoms with Gasteiger partial charge in [-0.1, -0.05) is 13.3 Å². The van der Waals surface area contributed by atoms with Gasteiger partial charge in [-0.2, -0.15) is 0 Å². The highest BCUT2D eigenvalue weighted by Crippen LogP contribution is 2.25. The molecule has 0 saturated carbocycles. The molecule has 0 aliphatic rings. The van der Waals surface area contributed by atoms with Crippen LogP contribution in [0, 0.1) is 0 Å². The Kier molecular flexibility index (Phi) is 5.50. The molecule has 6 nitrogen and oxygen atoms in total. The van der Waals surface area contributed by atoms with E-state index in [9.17, 15) is 9.59 Å². The third-order valence-electron chi connectivity index (χ3n) is 2.27. The van der Waals surface area contributed by atoms with Gasteiger partial charge < -0.3 is 9.84 Å². The summed E-state index contributed by atoms with van der Waals surface area (Å²) >= 11 is 1.18. The molecule has 1 heterocycles. The van der Waals surface area contributed by atoms with Crippen LogP contribution in [0.4, 0.5) is 9.93 Å². The van der Waals surface area contributed by atoms with E-state index in [-0.39, 0.29) is 10.8 Å². The molecule has 7 heteroatoms. The van der Waals surface area contributed by atoms with E-state index in [1.54, 1.807) is 20.8 Å². The van der Waals surface area contributed by atoms with Crippen LogP contribution >= 0.6 is 11.3 Å². The van der Waals surface area contributed by atoms with Gasteiger partial charge in [-0.15, -0.1) is 11.3 Å². The van der Waals surface area contributed by atoms with E-state index in [0.717, 1.165) is 12.8 Å². The molecule has 112 valence electrons. The van der Waals surface area contributed by atoms with Crippen LogP contribution in [-0.2, 0) is 11.2 Å². The average Bonchev–Trinajstić information content (AvgIpc) is 2.66. The van der Waals surface area contributed by atoms with Crippen molar-refractivity contribution in [3.05, 3.63) is 10.6 Å². The molecule has 20 heavy (non-hydrogen) atoms. The number of rotatable bonds is 5. The van der Waals surface area contributed by atoms with Crippen molar-refractivity contribution in [2.45, 2.75) is 52.6 Å². The van der Waals surface area contributed by atoms with Crippen molar-refractivity contribution in [1.29, 1.82) is 0 Å². The first kappa shape index (κ1) is 16.4. The first-order chi connectivity index (χ1) is 9.23. The Hall–Kier alpha value is -1.63. The van der Waals surface area contributed by atoms with Crippen molar-refractivity contribution < 1.29 is 19.4 Å². The standard InChI is InChI=1S/C13H20N2O4S/c1-5-6-7-8-9(10(16)17)14-11(20-8)15-12(18)19-13(2,3)4/h5-7H2,1-4H3,(H,16,17)(H,14,15,18). The van der Waals surface area contributed by atoms with E-state index in [1.807, 2.05) is 6.92 Å². The number of carbonyl (C=O) groups excluding carboxylic acids is 1. The molecule has 0 aliphatic carbocycles. The van der Waals surface area contributed by atoms with Gasteiger partial charge in [-0.25, -0.2) is 14.6 Å². The fourth-order valence-corrected chi connectivity index (χ4v) is 2.45. The number of nitrogens with one attached hydrogen (secondary N) is 1. The SMILES string of the molecule is CCCCc1sc(NC(=O)OC(C)(C)C)nc1C(=O)O. The molecule has 1 rings (SSSR count). The van der Waals surface area contributed by atoms with Crippen LogP contribution < -0.4 is 5.32 Å². The summed E-state index contributed by atoms with van der Waals surface area (Å²) in [5.41, 5.74) is -0.600. The molecule has 0 unspecified atom stereocenters. The summed E-state index contributed by atoms with van der Waals surface area (Å²) in [6.45, 7) is 7.29. The fourth-order valence-electron chi connectivity index (χ4n) is 1.47. The number of carboxylic acid groups (broad SMARTS) is 1. The number of aromatic carboxylic acids is 1. The van der Waals surface area contributed by atoms with Gasteiger partial charge in [0.25, 0.3) is 0 Å². The van der Waals surface area contributed by atoms with Crippen LogP contribution in [0.2, 0.25) is 0 Å². The van der Waals surface area contributed by atoms with Crippen LogP contribution in [0.3, 0.4) is 0 Å². The molecule has 1 aromatic rings. The second-order valence-electron chi connectivity index (χ2n) is 5.33. The zero-order valence-electron chi connectivity index (χ0n) is 12.1. The lowest BCUT2D eigenvalue weighted by Crippen LogP contribution is -2.27. The fraction of sp³-hybridized carbons (Fsp3) is 0.615. The molecule has 0 aliphatic heterocycles. The van der Waals surface area contributed by atoms with E-state index in [0.29, 0.717) is 11.3 Å². The molecule has 1 amide bonds. The molecule has 2 N–H and O–H groups in total. The topological polar surface area (TPSA) is 88.5 Å². The number of anilines is 1. The number of carboxylic acids is 1. The number of aryl methyl sites for hydroxylation is 1. The van der Waals surface area contributed by atoms with Crippen LogP contribution in [-0.4, -0.2) is 27.8 Å². The third-order valence-corrected chi connectivity index (χ3v) is 3.30. The number of ether oxygens (including phenoxy) is 1. The third kappa shape index (κ3) is 5.16. The summed E-state index contributed by atoms with van der Waals surface area (Å²) in [6, 6.07) is 0. The normalized spacial score (nSPS) is 11.2. The lowest BCUT2D eigenvalue weighted by molar-refractivity contribution is 0.0632. The Morgan fingerprint density at radius 1 is 1.40 bits per heavy atom. The van der Waals surface area contributed by atoms with Gasteiger partial charge in [0.1, 0.15) is 5.60 Å². The Labute approximate surface area is 122 Å². The predicted molar refractivity (Wildman–Crippen MR) is 77.5 cm³/mol. The number of hydrogen-bond donors (Lipinski definition) is 2. The van der Waals surface area contributed by atoms with Crippen LogP contribution in [0.5, 0.6) is 0 Å². The molecule has 0 bridgehead atoms. The zero-order valence-corrected chi connectivity index (χ0v) is 13.0. The minimum Gasteiger partial charge on any atom is -0.476 e. The summed E-state index contributed by atoms with van der Waals surface area (Å²) in [5, 5.41) is 11.8. The molecular formula is C13H20N2O4S. The van der Waals surface area contributed by atoms with E-state index in [2.05, 4.69) is 10.3 Å². The lowest BCUT2D eigenvalue weighted by Gasteiger charge is -2.18. The van der Waals surface area contributed by atoms with Gasteiger partial charge in [0.05, 0.1) is 0 Å². The number of carbonyl (C=O) groups is 2. The van der Waals surface area contributed by atoms with Crippen molar-refractivity contribution >= 4 is 28.5 Å². The molecule has 0 aromatic carbocycles. The molecule has 0 saturated heterocycles. The van der Waals surface area contributed by atoms with Gasteiger partial charge in [-0.3, -0.25) is 5.32 Å². The summed E-state index contributed by atoms with van der Waals surface area (Å²) < 4.78 is 5.10. The second kappa shape index (κ2) is 6.69. The highest BCUT2D eigenvalue weighted by atomic mass is 32.1. The molecule has 0 radical (unpaired) electrons. The average molecular weight is 300 g/mol. The van der Waals surface area contributed by atoms with E-state index in [1.165, 1.54) is 11.3 Å². The minimum absolute atomic E-state index is 0.00880. The van der Waals surface area contributed by atoms with Gasteiger partial charge >= 0.3 is 12.1 Å². The zero-order chi connectivity index (χ0) is 15.3. The van der Waals surface area contributed by atoms with Crippen molar-refractivity contribution in [3.63, 3.8) is 0 Å². The Balaban J connectivity index is 2.81. The van der Waals surface area contributed by atoms with Crippen LogP contribution in [0.1, 0.15) is 55.9 Å². The Morgan fingerprint density at radius 2 is 2.05 bits per heavy atom. The largest absolute Gasteiger partial charge is 0.476 e. The molecule has 1 aromatic heterocycles. The van der Waals surface area contributed by atoms with E-state index < -0.39 is 17.7 Å². The number of amides is 1. The van der Waals surface area contributed by atoms with Gasteiger partial charge in [-0.05, 0) is 33.6 Å². The minimum atomic E-state index is -1.08. The maximum atomic E-state index is 11.6. The molecular weight excluding hydrogens is 280 g/mol. The second-order valence-corrected chi connectivity index (χ2v) is 6.41. The number of thiazole rings is 1. The van der Waals surface area contributed by atoms with Gasteiger partial charge in [0, 0.05) is 4.88 Å². The Morgan fingerprint density at radius 3 is 2.55 bits per heavy atom. The highest BCUT2D eigenvalue weighted by Gasteiger charge is 2.21. The number of hydrogen-bond acceptors (Lipinski definition) is 5. The van der Waals surface area contributed by atoms with Crippen LogP contribution in [0.25, 0.3) is 0 Å². The lowest BCUT2D eigenvalue weighted by atomic mass is 10.2. The summed E-state index contributed by atoms with van der Waals surface area (Å²) in [7, 11) is 0. The van der Waals surface area contributed by atoms with Crippen molar-refractivity contribution in [2.75, 3.05) is 5.32 Å². The van der Waals surface area contributed by atoms with Crippen LogP contribution in [0.15, 0.2) is 0 Å². The first-order valence-corrected chi connectivity index (χ1v) is 7.27. The number of unbranched alkanes of at least 4 members (excludes halogenated alkanes) is 1. The van der Waals surface area contributed by atoms with Gasteiger partial charge in [0.2, 0.25) is 0 Å². The van der Waals surface area contributed by atoms with E-state index in [4.69, 9.17) is 9.84 Å². The molecule has 0 fully saturated rings. The predicted octanol–water partition coefficient (Wildman–Crippen LogP) is 3.53. The quantitative estimate of drug-likeness (QED) is 0.868. The van der Waals surface area contributed by atoms with E-state index >= 15 is 0 Å². The summed E-state index contributed by atoms with van der Waals surface area (Å²) in [6.07, 6.45) is 1.86. The number of nitrogens with zero attached hydrogens (tertiary/aromatic N) is 1. The highest BCUT2D eigenvalue weighted by molar-refractivity contribution is 7.16. The monoisotopic (exact) mass is 300 g/mol. The molecule has 0 spiro atoms. The van der Waals surface area contributed by atoms with Crippen molar-refractivity contribution in [3.8, 4) is 0 Å². The maximum absolute atomic E-state index is 11.6. The van der Waals surface area contributed by atoms with Crippen molar-refractivity contribution in [1.82, 2.24) is 4.98 Å². The molecule has 0 atom stereocenters. The maximum Gasteiger partial charge on any atom is 0.413 e. The number of aromatic nitrogens is 1. The summed E-state index contributed by atoms with van der Waals surface area (Å²) in [5.74, 6) is -1.08. The summed E-state index contributed by atoms with van der Waals surface area (Å²) in [4.78, 5) is 27.3. The first-order valence-electron chi connectivity index (χ1n) is 6.46. The smallest absolute Gasteiger partial charge is 0.413 e. The Bertz CT molecular complexity index is 491. The van der Waals surface area contributed by atoms with Gasteiger partial charge in [0.15, 0.2) is 10.8 Å². The van der Waals surface area contributed by atoms with Crippen molar-refractivity contribution in [2.24, 2.45) is 0 Å².